The Labute approximate surface area is 141 Å². The van der Waals surface area contributed by atoms with Crippen LogP contribution in [-0.4, -0.2) is 54.6 Å². The summed E-state index contributed by atoms with van der Waals surface area (Å²) >= 11 is 0. The molecule has 2 heterocycles. The third kappa shape index (κ3) is 3.84. The zero-order valence-corrected chi connectivity index (χ0v) is 14.6. The molecule has 1 fully saturated rings. The fourth-order valence-electron chi connectivity index (χ4n) is 3.44. The van der Waals surface area contributed by atoms with Crippen molar-refractivity contribution >= 4 is 21.9 Å². The van der Waals surface area contributed by atoms with E-state index in [4.69, 9.17) is 5.73 Å². The Hall–Kier alpha value is -1.74. The van der Waals surface area contributed by atoms with E-state index in [-0.39, 0.29) is 17.9 Å². The summed E-state index contributed by atoms with van der Waals surface area (Å²) in [5, 5.41) is 0. The van der Waals surface area contributed by atoms with Gasteiger partial charge in [0, 0.05) is 30.4 Å². The van der Waals surface area contributed by atoms with Crippen molar-refractivity contribution in [3.05, 3.63) is 17.0 Å². The van der Waals surface area contributed by atoms with Crippen LogP contribution < -0.4 is 10.5 Å². The van der Waals surface area contributed by atoms with Gasteiger partial charge in [0.15, 0.2) is 0 Å². The summed E-state index contributed by atoms with van der Waals surface area (Å²) in [5.41, 5.74) is 8.02. The summed E-state index contributed by atoms with van der Waals surface area (Å²) in [4.78, 5) is 23.1. The van der Waals surface area contributed by atoms with Crippen LogP contribution in [0.25, 0.3) is 0 Å². The molecule has 0 unspecified atom stereocenters. The summed E-state index contributed by atoms with van der Waals surface area (Å²) < 4.78 is 25.2. The first-order chi connectivity index (χ1) is 11.3. The van der Waals surface area contributed by atoms with Crippen LogP contribution in [0.4, 0.5) is 5.95 Å². The molecule has 0 aromatic carbocycles. The van der Waals surface area contributed by atoms with Crippen LogP contribution in [0.5, 0.6) is 0 Å². The number of anilines is 1. The Morgan fingerprint density at radius 3 is 2.54 bits per heavy atom. The third-order valence-electron chi connectivity index (χ3n) is 4.57. The van der Waals surface area contributed by atoms with Gasteiger partial charge in [-0.2, -0.15) is 0 Å². The maximum atomic E-state index is 12.9. The minimum absolute atomic E-state index is 0.117. The first-order valence-corrected chi connectivity index (χ1v) is 10.1. The monoisotopic (exact) mass is 353 g/mol. The number of carbonyl (C=O) groups is 1. The quantitative estimate of drug-likeness (QED) is 0.795. The molecule has 1 aliphatic heterocycles. The number of hydrogen-bond donors (Lipinski definition) is 2. The maximum Gasteiger partial charge on any atom is 0.272 e. The molecule has 0 atom stereocenters. The molecule has 9 heteroatoms. The van der Waals surface area contributed by atoms with E-state index < -0.39 is 10.0 Å². The van der Waals surface area contributed by atoms with Crippen molar-refractivity contribution in [3.63, 3.8) is 0 Å². The molecule has 1 aliphatic carbocycles. The largest absolute Gasteiger partial charge is 0.368 e. The van der Waals surface area contributed by atoms with Gasteiger partial charge in [0.25, 0.3) is 5.91 Å². The van der Waals surface area contributed by atoms with Crippen LogP contribution in [0.3, 0.4) is 0 Å². The van der Waals surface area contributed by atoms with E-state index in [0.717, 1.165) is 43.2 Å². The Kier molecular flexibility index (Phi) is 4.73. The van der Waals surface area contributed by atoms with Gasteiger partial charge in [0.2, 0.25) is 16.0 Å². The predicted molar refractivity (Wildman–Crippen MR) is 90.0 cm³/mol. The smallest absolute Gasteiger partial charge is 0.272 e. The van der Waals surface area contributed by atoms with Gasteiger partial charge in [-0.25, -0.2) is 23.1 Å². The van der Waals surface area contributed by atoms with Crippen LogP contribution in [0.1, 0.15) is 47.4 Å². The second-order valence-electron chi connectivity index (χ2n) is 6.52. The van der Waals surface area contributed by atoms with Gasteiger partial charge in [-0.1, -0.05) is 0 Å². The molecular weight excluding hydrogens is 330 g/mol. The van der Waals surface area contributed by atoms with E-state index in [2.05, 4.69) is 14.7 Å². The highest BCUT2D eigenvalue weighted by Crippen LogP contribution is 2.24. The van der Waals surface area contributed by atoms with Crippen LogP contribution in [-0.2, 0) is 22.9 Å². The molecule has 0 spiro atoms. The van der Waals surface area contributed by atoms with Crippen LogP contribution in [0.15, 0.2) is 0 Å². The Morgan fingerprint density at radius 1 is 1.21 bits per heavy atom. The standard InChI is InChI=1S/C15H23N5O3S/c1-24(22,23)19-10-6-8-20(9-7-10)14(21)13-11-4-2-3-5-12(11)17-15(16)18-13/h10,19H,2-9H2,1H3,(H2,16,17,18). The van der Waals surface area contributed by atoms with Gasteiger partial charge in [-0.15, -0.1) is 0 Å². The van der Waals surface area contributed by atoms with Gasteiger partial charge in [-0.3, -0.25) is 4.79 Å². The predicted octanol–water partition coefficient (Wildman–Crippen LogP) is 0.0914. The lowest BCUT2D eigenvalue weighted by Gasteiger charge is -2.32. The van der Waals surface area contributed by atoms with Gasteiger partial charge in [-0.05, 0) is 38.5 Å². The topological polar surface area (TPSA) is 118 Å². The molecule has 2 aliphatic rings. The SMILES string of the molecule is CS(=O)(=O)NC1CCN(C(=O)c2nc(N)nc3c2CCCC3)CC1. The summed E-state index contributed by atoms with van der Waals surface area (Å²) in [6.07, 6.45) is 6.08. The zero-order chi connectivity index (χ0) is 17.3. The molecule has 24 heavy (non-hydrogen) atoms. The number of likely N-dealkylation sites (tertiary alicyclic amines) is 1. The fourth-order valence-corrected chi connectivity index (χ4v) is 4.28. The Bertz CT molecular complexity index is 742. The van der Waals surface area contributed by atoms with Crippen molar-refractivity contribution in [1.82, 2.24) is 19.6 Å². The summed E-state index contributed by atoms with van der Waals surface area (Å²) in [6, 6.07) is -0.117. The molecule has 8 nitrogen and oxygen atoms in total. The summed E-state index contributed by atoms with van der Waals surface area (Å²) in [5.74, 6) is 0.0210. The number of rotatable bonds is 3. The van der Waals surface area contributed by atoms with E-state index in [1.165, 1.54) is 0 Å². The highest BCUT2D eigenvalue weighted by atomic mass is 32.2. The number of piperidine rings is 1. The number of fused-ring (bicyclic) bond motifs is 1. The highest BCUT2D eigenvalue weighted by molar-refractivity contribution is 7.88. The van der Waals surface area contributed by atoms with Crippen molar-refractivity contribution < 1.29 is 13.2 Å². The van der Waals surface area contributed by atoms with E-state index in [1.54, 1.807) is 4.90 Å². The maximum absolute atomic E-state index is 12.9. The van der Waals surface area contributed by atoms with Gasteiger partial charge < -0.3 is 10.6 Å². The minimum atomic E-state index is -3.22. The van der Waals surface area contributed by atoms with Gasteiger partial charge in [0.05, 0.1) is 6.26 Å². The number of aryl methyl sites for hydroxylation is 1. The number of nitrogen functional groups attached to an aromatic ring is 1. The Morgan fingerprint density at radius 2 is 1.88 bits per heavy atom. The molecule has 3 N–H and O–H groups in total. The van der Waals surface area contributed by atoms with Crippen LogP contribution in [0.2, 0.25) is 0 Å². The normalized spacial score (nSPS) is 19.1. The number of carbonyl (C=O) groups excluding carboxylic acids is 1. The summed E-state index contributed by atoms with van der Waals surface area (Å²) in [7, 11) is -3.22. The Balaban J connectivity index is 1.73. The average molecular weight is 353 g/mol. The first-order valence-electron chi connectivity index (χ1n) is 8.25. The molecule has 3 rings (SSSR count). The average Bonchev–Trinajstić information content (AvgIpc) is 2.52. The van der Waals surface area contributed by atoms with Crippen LogP contribution in [0, 0.1) is 0 Å². The minimum Gasteiger partial charge on any atom is -0.368 e. The molecule has 1 aromatic rings. The molecule has 0 bridgehead atoms. The van der Waals surface area contributed by atoms with E-state index in [1.807, 2.05) is 0 Å². The van der Waals surface area contributed by atoms with E-state index in [0.29, 0.717) is 31.6 Å². The number of sulfonamides is 1. The second kappa shape index (κ2) is 6.64. The lowest BCUT2D eigenvalue weighted by atomic mass is 9.94. The second-order valence-corrected chi connectivity index (χ2v) is 8.30. The number of amides is 1. The van der Waals surface area contributed by atoms with Crippen molar-refractivity contribution in [1.29, 1.82) is 0 Å². The van der Waals surface area contributed by atoms with Crippen molar-refractivity contribution in [2.75, 3.05) is 25.1 Å². The summed E-state index contributed by atoms with van der Waals surface area (Å²) in [6.45, 7) is 1.01. The van der Waals surface area contributed by atoms with Crippen molar-refractivity contribution in [2.45, 2.75) is 44.6 Å². The first kappa shape index (κ1) is 17.1. The number of nitrogens with two attached hydrogens (primary N) is 1. The highest BCUT2D eigenvalue weighted by Gasteiger charge is 2.29. The number of nitrogens with one attached hydrogen (secondary N) is 1. The van der Waals surface area contributed by atoms with Crippen molar-refractivity contribution in [2.24, 2.45) is 0 Å². The lowest BCUT2D eigenvalue weighted by molar-refractivity contribution is 0.0703. The number of hydrogen-bond acceptors (Lipinski definition) is 6. The number of nitrogens with zero attached hydrogens (tertiary/aromatic N) is 3. The molecule has 132 valence electrons. The molecule has 1 amide bonds. The fraction of sp³-hybridized carbons (Fsp3) is 0.667. The van der Waals surface area contributed by atoms with E-state index >= 15 is 0 Å². The molecular formula is C15H23N5O3S. The number of aromatic nitrogens is 2. The molecule has 0 radical (unpaired) electrons. The van der Waals surface area contributed by atoms with E-state index in [9.17, 15) is 13.2 Å². The molecule has 1 aromatic heterocycles. The molecule has 0 saturated carbocycles. The van der Waals surface area contributed by atoms with Crippen molar-refractivity contribution in [3.8, 4) is 0 Å². The van der Waals surface area contributed by atoms with Gasteiger partial charge in [0.1, 0.15) is 5.69 Å². The zero-order valence-electron chi connectivity index (χ0n) is 13.8. The van der Waals surface area contributed by atoms with Gasteiger partial charge >= 0.3 is 0 Å². The lowest BCUT2D eigenvalue weighted by Crippen LogP contribution is -2.46. The molecule has 1 saturated heterocycles. The third-order valence-corrected chi connectivity index (χ3v) is 5.33. The van der Waals surface area contributed by atoms with Crippen LogP contribution >= 0.6 is 0 Å².